The highest BCUT2D eigenvalue weighted by molar-refractivity contribution is 8.01. The summed E-state index contributed by atoms with van der Waals surface area (Å²) in [7, 11) is 3.28. The zero-order valence-electron chi connectivity index (χ0n) is 17.4. The van der Waals surface area contributed by atoms with E-state index >= 15 is 0 Å². The Morgan fingerprint density at radius 1 is 1.13 bits per heavy atom. The number of anilines is 2. The first-order valence-electron chi connectivity index (χ1n) is 9.94. The van der Waals surface area contributed by atoms with Crippen molar-refractivity contribution in [3.63, 3.8) is 0 Å². The van der Waals surface area contributed by atoms with E-state index in [1.165, 1.54) is 23.1 Å². The molecule has 0 radical (unpaired) electrons. The summed E-state index contributed by atoms with van der Waals surface area (Å²) in [4.78, 5) is 14.9. The molecule has 2 aromatic carbocycles. The molecule has 1 N–H and O–H groups in total. The Hall–Kier alpha value is -2.78. The van der Waals surface area contributed by atoms with Gasteiger partial charge in [0, 0.05) is 24.3 Å². The van der Waals surface area contributed by atoms with Crippen molar-refractivity contribution in [2.24, 2.45) is 0 Å². The topological polar surface area (TPSA) is 76.6 Å². The fourth-order valence-electron chi connectivity index (χ4n) is 3.08. The van der Waals surface area contributed by atoms with Crippen molar-refractivity contribution in [3.05, 3.63) is 54.1 Å². The van der Waals surface area contributed by atoms with Gasteiger partial charge in [-0.25, -0.2) is 0 Å². The summed E-state index contributed by atoms with van der Waals surface area (Å²) in [6.07, 6.45) is 2.14. The molecule has 1 heterocycles. The Labute approximate surface area is 189 Å². The van der Waals surface area contributed by atoms with Gasteiger partial charge in [0.1, 0.15) is 11.5 Å². The summed E-state index contributed by atoms with van der Waals surface area (Å²) in [6, 6.07) is 15.8. The van der Waals surface area contributed by atoms with Crippen LogP contribution in [0, 0.1) is 0 Å². The van der Waals surface area contributed by atoms with Crippen LogP contribution in [0.5, 0.6) is 11.5 Å². The Morgan fingerprint density at radius 3 is 2.61 bits per heavy atom. The summed E-state index contributed by atoms with van der Waals surface area (Å²) in [5.74, 6) is 2.06. The SMILES string of the molecule is COc1ccc(CN(C(=O)CSc2nnc(Nc3cccc(OC)c3)s2)C2CC2)cc1. The molecule has 1 aliphatic carbocycles. The highest BCUT2D eigenvalue weighted by Gasteiger charge is 2.32. The van der Waals surface area contributed by atoms with Crippen LogP contribution >= 0.6 is 23.1 Å². The second kappa shape index (κ2) is 10.0. The van der Waals surface area contributed by atoms with E-state index in [1.807, 2.05) is 53.4 Å². The van der Waals surface area contributed by atoms with E-state index in [-0.39, 0.29) is 5.91 Å². The monoisotopic (exact) mass is 456 g/mol. The molecule has 0 aliphatic heterocycles. The minimum absolute atomic E-state index is 0.126. The quantitative estimate of drug-likeness (QED) is 0.447. The standard InChI is InChI=1S/C22H24N4O3S2/c1-28-18-10-6-15(7-11-18)13-26(17-8-9-17)20(27)14-30-22-25-24-21(31-22)23-16-4-3-5-19(12-16)29-2/h3-7,10-12,17H,8-9,13-14H2,1-2H3,(H,23,24). The summed E-state index contributed by atoms with van der Waals surface area (Å²) in [5, 5.41) is 12.3. The average molecular weight is 457 g/mol. The van der Waals surface area contributed by atoms with Gasteiger partial charge in [-0.2, -0.15) is 0 Å². The molecule has 1 saturated carbocycles. The van der Waals surface area contributed by atoms with Crippen molar-refractivity contribution in [3.8, 4) is 11.5 Å². The molecule has 162 valence electrons. The zero-order valence-corrected chi connectivity index (χ0v) is 19.0. The number of ether oxygens (including phenoxy) is 2. The molecule has 1 aliphatic rings. The number of carbonyl (C=O) groups excluding carboxylic acids is 1. The molecule has 3 aromatic rings. The van der Waals surface area contributed by atoms with Gasteiger partial charge < -0.3 is 19.7 Å². The second-order valence-electron chi connectivity index (χ2n) is 7.12. The number of aromatic nitrogens is 2. The first kappa shape index (κ1) is 21.5. The highest BCUT2D eigenvalue weighted by Crippen LogP contribution is 2.32. The second-order valence-corrected chi connectivity index (χ2v) is 9.32. The predicted octanol–water partition coefficient (Wildman–Crippen LogP) is 4.58. The van der Waals surface area contributed by atoms with Gasteiger partial charge in [0.05, 0.1) is 20.0 Å². The Morgan fingerprint density at radius 2 is 1.90 bits per heavy atom. The smallest absolute Gasteiger partial charge is 0.233 e. The molecule has 0 bridgehead atoms. The van der Waals surface area contributed by atoms with E-state index in [1.54, 1.807) is 14.2 Å². The van der Waals surface area contributed by atoms with Crippen LogP contribution in [0.4, 0.5) is 10.8 Å². The number of hydrogen-bond acceptors (Lipinski definition) is 8. The number of carbonyl (C=O) groups is 1. The van der Waals surface area contributed by atoms with Crippen LogP contribution in [0.1, 0.15) is 18.4 Å². The fourth-order valence-corrected chi connectivity index (χ4v) is 4.74. The van der Waals surface area contributed by atoms with Crippen LogP contribution in [-0.2, 0) is 11.3 Å². The molecule has 0 spiro atoms. The number of nitrogens with zero attached hydrogens (tertiary/aromatic N) is 3. The maximum Gasteiger partial charge on any atom is 0.233 e. The highest BCUT2D eigenvalue weighted by atomic mass is 32.2. The predicted molar refractivity (Wildman–Crippen MR) is 123 cm³/mol. The Bertz CT molecular complexity index is 1020. The van der Waals surface area contributed by atoms with Gasteiger partial charge in [-0.05, 0) is 42.7 Å². The maximum atomic E-state index is 12.9. The van der Waals surface area contributed by atoms with Crippen molar-refractivity contribution >= 4 is 39.8 Å². The van der Waals surface area contributed by atoms with Gasteiger partial charge in [-0.1, -0.05) is 41.3 Å². The van der Waals surface area contributed by atoms with Crippen LogP contribution in [0.2, 0.25) is 0 Å². The largest absolute Gasteiger partial charge is 0.497 e. The van der Waals surface area contributed by atoms with E-state index in [0.717, 1.165) is 39.9 Å². The first-order valence-corrected chi connectivity index (χ1v) is 11.7. The van der Waals surface area contributed by atoms with E-state index in [0.29, 0.717) is 23.5 Å². The number of methoxy groups -OCH3 is 2. The Kier molecular flexibility index (Phi) is 6.93. The van der Waals surface area contributed by atoms with Crippen LogP contribution in [0.15, 0.2) is 52.9 Å². The van der Waals surface area contributed by atoms with Crippen molar-refractivity contribution < 1.29 is 14.3 Å². The van der Waals surface area contributed by atoms with E-state index in [9.17, 15) is 4.79 Å². The van der Waals surface area contributed by atoms with Crippen LogP contribution in [0.3, 0.4) is 0 Å². The van der Waals surface area contributed by atoms with Gasteiger partial charge >= 0.3 is 0 Å². The van der Waals surface area contributed by atoms with Crippen LogP contribution < -0.4 is 14.8 Å². The molecular weight excluding hydrogens is 432 g/mol. The summed E-state index contributed by atoms with van der Waals surface area (Å²) >= 11 is 2.86. The first-order chi connectivity index (χ1) is 15.1. The molecule has 1 aromatic heterocycles. The minimum atomic E-state index is 0.126. The van der Waals surface area contributed by atoms with Crippen molar-refractivity contribution in [2.45, 2.75) is 29.8 Å². The van der Waals surface area contributed by atoms with Crippen molar-refractivity contribution in [1.29, 1.82) is 0 Å². The molecule has 4 rings (SSSR count). The third-order valence-corrected chi connectivity index (χ3v) is 6.82. The van der Waals surface area contributed by atoms with Gasteiger partial charge in [-0.3, -0.25) is 4.79 Å². The number of benzene rings is 2. The van der Waals surface area contributed by atoms with E-state index in [2.05, 4.69) is 15.5 Å². The number of nitrogens with one attached hydrogen (secondary N) is 1. The number of hydrogen-bond donors (Lipinski definition) is 1. The van der Waals surface area contributed by atoms with Crippen LogP contribution in [-0.4, -0.2) is 47.0 Å². The molecule has 1 fully saturated rings. The summed E-state index contributed by atoms with van der Waals surface area (Å²) in [5.41, 5.74) is 1.98. The molecule has 0 atom stereocenters. The lowest BCUT2D eigenvalue weighted by molar-refractivity contribution is -0.129. The van der Waals surface area contributed by atoms with E-state index < -0.39 is 0 Å². The van der Waals surface area contributed by atoms with Gasteiger partial charge in [0.15, 0.2) is 4.34 Å². The van der Waals surface area contributed by atoms with Gasteiger partial charge in [-0.15, -0.1) is 10.2 Å². The molecule has 1 amide bonds. The molecule has 7 nitrogen and oxygen atoms in total. The summed E-state index contributed by atoms with van der Waals surface area (Å²) in [6.45, 7) is 0.618. The van der Waals surface area contributed by atoms with Gasteiger partial charge in [0.2, 0.25) is 11.0 Å². The molecule has 9 heteroatoms. The lowest BCUT2D eigenvalue weighted by Crippen LogP contribution is -2.33. The maximum absolute atomic E-state index is 12.9. The molecule has 0 unspecified atom stereocenters. The third-order valence-electron chi connectivity index (χ3n) is 4.87. The van der Waals surface area contributed by atoms with Crippen LogP contribution in [0.25, 0.3) is 0 Å². The van der Waals surface area contributed by atoms with Gasteiger partial charge in [0.25, 0.3) is 0 Å². The Balaban J connectivity index is 1.32. The minimum Gasteiger partial charge on any atom is -0.497 e. The lowest BCUT2D eigenvalue weighted by Gasteiger charge is -2.22. The average Bonchev–Trinajstić information content (AvgIpc) is 3.55. The fraction of sp³-hybridized carbons (Fsp3) is 0.318. The molecule has 0 saturated heterocycles. The molecule has 31 heavy (non-hydrogen) atoms. The number of thioether (sulfide) groups is 1. The zero-order chi connectivity index (χ0) is 21.6. The van der Waals surface area contributed by atoms with Crippen molar-refractivity contribution in [2.75, 3.05) is 25.3 Å². The molecular formula is C22H24N4O3S2. The lowest BCUT2D eigenvalue weighted by atomic mass is 10.2. The number of amides is 1. The third kappa shape index (κ3) is 5.89. The number of rotatable bonds is 10. The van der Waals surface area contributed by atoms with E-state index in [4.69, 9.17) is 9.47 Å². The summed E-state index contributed by atoms with van der Waals surface area (Å²) < 4.78 is 11.2. The van der Waals surface area contributed by atoms with Crippen molar-refractivity contribution in [1.82, 2.24) is 15.1 Å². The normalized spacial score (nSPS) is 13.0.